The minimum atomic E-state index is -0.275. The Morgan fingerprint density at radius 3 is 2.67 bits per heavy atom. The van der Waals surface area contributed by atoms with Crippen LogP contribution in [-0.4, -0.2) is 46.5 Å². The molecule has 3 atom stereocenters. The van der Waals surface area contributed by atoms with Crippen molar-refractivity contribution in [1.29, 1.82) is 0 Å². The van der Waals surface area contributed by atoms with Crippen molar-refractivity contribution in [2.45, 2.75) is 25.9 Å². The highest BCUT2D eigenvalue weighted by atomic mass is 19.1. The van der Waals surface area contributed by atoms with Gasteiger partial charge in [-0.05, 0) is 55.4 Å². The van der Waals surface area contributed by atoms with Crippen LogP contribution in [0.1, 0.15) is 28.9 Å². The third-order valence-electron chi connectivity index (χ3n) is 5.63. The van der Waals surface area contributed by atoms with Gasteiger partial charge in [0, 0.05) is 13.1 Å². The van der Waals surface area contributed by atoms with Crippen LogP contribution in [0.25, 0.3) is 0 Å². The third-order valence-corrected chi connectivity index (χ3v) is 5.63. The summed E-state index contributed by atoms with van der Waals surface area (Å²) in [6.07, 6.45) is 3.10. The number of ketones is 1. The average Bonchev–Trinajstić information content (AvgIpc) is 3.17. The van der Waals surface area contributed by atoms with Crippen molar-refractivity contribution in [2.24, 2.45) is 11.8 Å². The van der Waals surface area contributed by atoms with Gasteiger partial charge in [-0.3, -0.25) is 9.69 Å². The summed E-state index contributed by atoms with van der Waals surface area (Å²) >= 11 is 0. The molecule has 2 fully saturated rings. The van der Waals surface area contributed by atoms with Crippen molar-refractivity contribution in [1.82, 2.24) is 9.88 Å². The molecule has 0 unspecified atom stereocenters. The first kappa shape index (κ1) is 17.9. The van der Waals surface area contributed by atoms with Crippen LogP contribution in [0.15, 0.2) is 36.5 Å². The van der Waals surface area contributed by atoms with E-state index in [4.69, 9.17) is 4.74 Å². The lowest BCUT2D eigenvalue weighted by atomic mass is 10.0. The molecule has 27 heavy (non-hydrogen) atoms. The normalized spacial score (nSPS) is 24.7. The fourth-order valence-corrected chi connectivity index (χ4v) is 4.29. The van der Waals surface area contributed by atoms with Crippen LogP contribution >= 0.6 is 0 Å². The van der Waals surface area contributed by atoms with Crippen molar-refractivity contribution < 1.29 is 19.0 Å². The molecule has 1 saturated heterocycles. The summed E-state index contributed by atoms with van der Waals surface area (Å²) in [6, 6.07) is 8.27. The number of carbonyl (C=O) groups excluding carboxylic acids is 1. The standard InChI is InChI=1S/C21H23FN2O3/c1-13-3-2-4-20(21(13)22)27-17-7-14-10-24(11-15(14)8-17)12-19(26)18-6-5-16(25)9-23-18/h2-6,9,14-15,17,25H,7-8,10-12H2,1H3/t14-,15+,17-. The first-order valence-electron chi connectivity index (χ1n) is 9.32. The van der Waals surface area contributed by atoms with E-state index in [9.17, 15) is 14.3 Å². The Hall–Kier alpha value is -2.47. The second-order valence-electron chi connectivity index (χ2n) is 7.64. The second-order valence-corrected chi connectivity index (χ2v) is 7.64. The molecule has 5 nitrogen and oxygen atoms in total. The van der Waals surface area contributed by atoms with Gasteiger partial charge in [-0.1, -0.05) is 12.1 Å². The Kier molecular flexibility index (Phi) is 4.83. The molecule has 0 amide bonds. The highest BCUT2D eigenvalue weighted by Gasteiger charge is 2.42. The van der Waals surface area contributed by atoms with E-state index in [2.05, 4.69) is 9.88 Å². The maximum atomic E-state index is 14.1. The maximum absolute atomic E-state index is 14.1. The van der Waals surface area contributed by atoms with Crippen molar-refractivity contribution >= 4 is 5.78 Å². The van der Waals surface area contributed by atoms with Crippen molar-refractivity contribution in [3.63, 3.8) is 0 Å². The number of halogens is 1. The minimum absolute atomic E-state index is 0.0351. The first-order valence-corrected chi connectivity index (χ1v) is 9.32. The average molecular weight is 370 g/mol. The van der Waals surface area contributed by atoms with Crippen LogP contribution in [0, 0.1) is 24.6 Å². The number of likely N-dealkylation sites (tertiary alicyclic amines) is 1. The number of ether oxygens (including phenoxy) is 1. The van der Waals surface area contributed by atoms with Gasteiger partial charge < -0.3 is 9.84 Å². The lowest BCUT2D eigenvalue weighted by molar-refractivity contribution is 0.0931. The summed E-state index contributed by atoms with van der Waals surface area (Å²) < 4.78 is 20.1. The predicted octanol–water partition coefficient (Wildman–Crippen LogP) is 3.21. The molecule has 4 rings (SSSR count). The lowest BCUT2D eigenvalue weighted by Gasteiger charge is -2.19. The molecular weight excluding hydrogens is 347 g/mol. The molecule has 1 aliphatic heterocycles. The Morgan fingerprint density at radius 1 is 1.26 bits per heavy atom. The monoisotopic (exact) mass is 370 g/mol. The molecule has 0 radical (unpaired) electrons. The zero-order valence-corrected chi connectivity index (χ0v) is 15.3. The first-order chi connectivity index (χ1) is 13.0. The van der Waals surface area contributed by atoms with E-state index in [1.165, 1.54) is 12.3 Å². The smallest absolute Gasteiger partial charge is 0.195 e. The van der Waals surface area contributed by atoms with Gasteiger partial charge in [-0.15, -0.1) is 0 Å². The Morgan fingerprint density at radius 2 is 2.00 bits per heavy atom. The van der Waals surface area contributed by atoms with Gasteiger partial charge >= 0.3 is 0 Å². The van der Waals surface area contributed by atoms with Crippen molar-refractivity contribution in [2.75, 3.05) is 19.6 Å². The number of rotatable bonds is 5. The molecule has 1 aromatic heterocycles. The van der Waals surface area contributed by atoms with E-state index in [0.717, 1.165) is 25.9 Å². The molecular formula is C21H23FN2O3. The SMILES string of the molecule is Cc1cccc(O[C@@H]2C[C@@H]3CN(CC(=O)c4ccc(O)cn4)C[C@@H]3C2)c1F. The number of pyridine rings is 1. The number of hydrogen-bond donors (Lipinski definition) is 1. The number of aromatic hydroxyl groups is 1. The van der Waals surface area contributed by atoms with E-state index in [0.29, 0.717) is 35.4 Å². The maximum Gasteiger partial charge on any atom is 0.195 e. The lowest BCUT2D eigenvalue weighted by Crippen LogP contribution is -2.30. The Bertz CT molecular complexity index is 826. The van der Waals surface area contributed by atoms with Gasteiger partial charge in [-0.25, -0.2) is 9.37 Å². The Labute approximate surface area is 157 Å². The summed E-state index contributed by atoms with van der Waals surface area (Å²) in [6.45, 7) is 3.78. The molecule has 0 spiro atoms. The van der Waals surface area contributed by atoms with Crippen LogP contribution in [-0.2, 0) is 0 Å². The minimum Gasteiger partial charge on any atom is -0.506 e. The Balaban J connectivity index is 1.31. The zero-order chi connectivity index (χ0) is 19.0. The van der Waals surface area contributed by atoms with Crippen LogP contribution in [0.2, 0.25) is 0 Å². The van der Waals surface area contributed by atoms with Gasteiger partial charge in [0.2, 0.25) is 0 Å². The van der Waals surface area contributed by atoms with Gasteiger partial charge in [0.15, 0.2) is 17.3 Å². The van der Waals surface area contributed by atoms with Gasteiger partial charge in [-0.2, -0.15) is 0 Å². The van der Waals surface area contributed by atoms with Crippen LogP contribution in [0.5, 0.6) is 11.5 Å². The van der Waals surface area contributed by atoms with Gasteiger partial charge in [0.05, 0.1) is 18.8 Å². The van der Waals surface area contributed by atoms with E-state index >= 15 is 0 Å². The summed E-state index contributed by atoms with van der Waals surface area (Å²) in [4.78, 5) is 18.5. The molecule has 1 aliphatic carbocycles. The number of hydrogen-bond acceptors (Lipinski definition) is 5. The number of aromatic nitrogens is 1. The molecule has 6 heteroatoms. The predicted molar refractivity (Wildman–Crippen MR) is 98.4 cm³/mol. The molecule has 2 aromatic rings. The number of carbonyl (C=O) groups is 1. The van der Waals surface area contributed by atoms with E-state index in [1.54, 1.807) is 25.1 Å². The summed E-state index contributed by atoms with van der Waals surface area (Å²) in [5.74, 6) is 1.03. The van der Waals surface area contributed by atoms with E-state index in [-0.39, 0.29) is 23.5 Å². The van der Waals surface area contributed by atoms with Crippen LogP contribution in [0.4, 0.5) is 4.39 Å². The quantitative estimate of drug-likeness (QED) is 0.819. The third kappa shape index (κ3) is 3.81. The fraction of sp³-hybridized carbons (Fsp3) is 0.429. The topological polar surface area (TPSA) is 62.7 Å². The van der Waals surface area contributed by atoms with Gasteiger partial charge in [0.1, 0.15) is 11.4 Å². The van der Waals surface area contributed by atoms with Crippen LogP contribution < -0.4 is 4.74 Å². The highest BCUT2D eigenvalue weighted by molar-refractivity contribution is 5.95. The molecule has 2 aliphatic rings. The largest absolute Gasteiger partial charge is 0.506 e. The molecule has 1 N–H and O–H groups in total. The number of Topliss-reactive ketones (excluding diaryl/α,β-unsaturated/α-hetero) is 1. The van der Waals surface area contributed by atoms with Crippen LogP contribution in [0.3, 0.4) is 0 Å². The second kappa shape index (κ2) is 7.27. The van der Waals surface area contributed by atoms with Crippen molar-refractivity contribution in [3.8, 4) is 11.5 Å². The highest BCUT2D eigenvalue weighted by Crippen LogP contribution is 2.40. The number of nitrogens with zero attached hydrogens (tertiary/aromatic N) is 2. The molecule has 1 aromatic carbocycles. The molecule has 142 valence electrons. The zero-order valence-electron chi connectivity index (χ0n) is 15.3. The van der Waals surface area contributed by atoms with E-state index in [1.807, 2.05) is 6.07 Å². The van der Waals surface area contributed by atoms with Crippen molar-refractivity contribution in [3.05, 3.63) is 53.6 Å². The number of aryl methyl sites for hydroxylation is 1. The summed E-state index contributed by atoms with van der Waals surface area (Å²) in [5.41, 5.74) is 0.971. The number of benzene rings is 1. The fourth-order valence-electron chi connectivity index (χ4n) is 4.29. The summed E-state index contributed by atoms with van der Waals surface area (Å²) in [5, 5.41) is 9.27. The summed E-state index contributed by atoms with van der Waals surface area (Å²) in [7, 11) is 0. The number of fused-ring (bicyclic) bond motifs is 1. The molecule has 0 bridgehead atoms. The van der Waals surface area contributed by atoms with Gasteiger partial charge in [0.25, 0.3) is 0 Å². The van der Waals surface area contributed by atoms with E-state index < -0.39 is 0 Å². The molecule has 2 heterocycles. The molecule has 1 saturated carbocycles.